The first kappa shape index (κ1) is 22.7. The Morgan fingerprint density at radius 2 is 1.76 bits per heavy atom. The van der Waals surface area contributed by atoms with Crippen LogP contribution in [0, 0.1) is 20.8 Å². The van der Waals surface area contributed by atoms with Crippen LogP contribution in [0.3, 0.4) is 0 Å². The van der Waals surface area contributed by atoms with E-state index in [0.29, 0.717) is 23.3 Å². The van der Waals surface area contributed by atoms with Gasteiger partial charge in [0, 0.05) is 11.1 Å². The van der Waals surface area contributed by atoms with Gasteiger partial charge in [0.1, 0.15) is 6.04 Å². The lowest BCUT2D eigenvalue weighted by Gasteiger charge is -2.17. The highest BCUT2D eigenvalue weighted by atomic mass is 32.2. The highest BCUT2D eigenvalue weighted by Crippen LogP contribution is 2.12. The SMILES string of the molecule is CSCC[C@@H](NC(=O)c1cccc(C)c1)C(=O)OCC(=O)c1cc(C)ccc1C. The molecule has 6 heteroatoms. The van der Waals surface area contributed by atoms with Gasteiger partial charge in [0.15, 0.2) is 6.61 Å². The molecule has 0 aliphatic rings. The zero-order chi connectivity index (χ0) is 21.4. The third kappa shape index (κ3) is 6.75. The summed E-state index contributed by atoms with van der Waals surface area (Å²) in [5.41, 5.74) is 3.79. The molecule has 29 heavy (non-hydrogen) atoms. The van der Waals surface area contributed by atoms with Crippen LogP contribution in [0.5, 0.6) is 0 Å². The quantitative estimate of drug-likeness (QED) is 0.499. The van der Waals surface area contributed by atoms with E-state index in [1.807, 2.05) is 45.2 Å². The third-order valence-corrected chi connectivity index (χ3v) is 5.16. The normalized spacial score (nSPS) is 11.6. The minimum absolute atomic E-state index is 0.256. The van der Waals surface area contributed by atoms with Gasteiger partial charge in [0.05, 0.1) is 0 Å². The Labute approximate surface area is 176 Å². The number of hydrogen-bond donors (Lipinski definition) is 1. The Bertz CT molecular complexity index is 894. The van der Waals surface area contributed by atoms with Crippen molar-refractivity contribution < 1.29 is 19.1 Å². The van der Waals surface area contributed by atoms with Crippen molar-refractivity contribution >= 4 is 29.4 Å². The molecular formula is C23H27NO4S. The van der Waals surface area contributed by atoms with E-state index in [1.165, 1.54) is 0 Å². The zero-order valence-electron chi connectivity index (χ0n) is 17.3. The Morgan fingerprint density at radius 1 is 1.03 bits per heavy atom. The number of rotatable bonds is 9. The number of Topliss-reactive ketones (excluding diaryl/α,β-unsaturated/α-hetero) is 1. The Balaban J connectivity index is 2.03. The first-order valence-corrected chi connectivity index (χ1v) is 10.8. The number of ketones is 1. The topological polar surface area (TPSA) is 72.5 Å². The minimum Gasteiger partial charge on any atom is -0.456 e. The van der Waals surface area contributed by atoms with Crippen LogP contribution in [0.15, 0.2) is 42.5 Å². The number of aryl methyl sites for hydroxylation is 3. The number of esters is 1. The number of hydrogen-bond acceptors (Lipinski definition) is 5. The van der Waals surface area contributed by atoms with Crippen molar-refractivity contribution in [1.82, 2.24) is 5.32 Å². The molecule has 0 heterocycles. The van der Waals surface area contributed by atoms with Crippen molar-refractivity contribution in [2.24, 2.45) is 0 Å². The van der Waals surface area contributed by atoms with Crippen molar-refractivity contribution in [3.63, 3.8) is 0 Å². The van der Waals surface area contributed by atoms with E-state index in [4.69, 9.17) is 4.74 Å². The Morgan fingerprint density at radius 3 is 2.45 bits per heavy atom. The number of thioether (sulfide) groups is 1. The molecule has 1 N–H and O–H groups in total. The molecule has 2 rings (SSSR count). The van der Waals surface area contributed by atoms with Crippen molar-refractivity contribution in [3.05, 3.63) is 70.3 Å². The number of carbonyl (C=O) groups excluding carboxylic acids is 3. The van der Waals surface area contributed by atoms with Crippen LogP contribution in [-0.4, -0.2) is 42.3 Å². The minimum atomic E-state index is -0.804. The fraction of sp³-hybridized carbons (Fsp3) is 0.348. The third-order valence-electron chi connectivity index (χ3n) is 4.52. The second-order valence-corrected chi connectivity index (χ2v) is 8.01. The molecule has 1 amide bonds. The maximum absolute atomic E-state index is 12.6. The predicted molar refractivity (Wildman–Crippen MR) is 117 cm³/mol. The van der Waals surface area contributed by atoms with Gasteiger partial charge >= 0.3 is 5.97 Å². The van der Waals surface area contributed by atoms with E-state index in [1.54, 1.807) is 36.0 Å². The second kappa shape index (κ2) is 10.8. The van der Waals surface area contributed by atoms with Crippen LogP contribution in [0.25, 0.3) is 0 Å². The zero-order valence-corrected chi connectivity index (χ0v) is 18.1. The number of amides is 1. The summed E-state index contributed by atoms with van der Waals surface area (Å²) in [5.74, 6) is -0.511. The largest absolute Gasteiger partial charge is 0.456 e. The average Bonchev–Trinajstić information content (AvgIpc) is 2.70. The molecule has 0 saturated heterocycles. The van der Waals surface area contributed by atoms with Gasteiger partial charge in [-0.2, -0.15) is 11.8 Å². The fourth-order valence-corrected chi connectivity index (χ4v) is 3.34. The summed E-state index contributed by atoms with van der Waals surface area (Å²) in [5, 5.41) is 2.74. The lowest BCUT2D eigenvalue weighted by Crippen LogP contribution is -2.42. The van der Waals surface area contributed by atoms with E-state index >= 15 is 0 Å². The molecule has 5 nitrogen and oxygen atoms in total. The molecule has 0 unspecified atom stereocenters. The second-order valence-electron chi connectivity index (χ2n) is 7.03. The van der Waals surface area contributed by atoms with Crippen molar-refractivity contribution in [2.45, 2.75) is 33.2 Å². The molecule has 0 bridgehead atoms. The Kier molecular flexibility index (Phi) is 8.46. The van der Waals surface area contributed by atoms with Crippen molar-refractivity contribution in [3.8, 4) is 0 Å². The summed E-state index contributed by atoms with van der Waals surface area (Å²) in [6.07, 6.45) is 2.35. The summed E-state index contributed by atoms with van der Waals surface area (Å²) in [7, 11) is 0. The number of ether oxygens (including phenoxy) is 1. The van der Waals surface area contributed by atoms with E-state index < -0.39 is 12.0 Å². The molecule has 0 aliphatic carbocycles. The monoisotopic (exact) mass is 413 g/mol. The highest BCUT2D eigenvalue weighted by Gasteiger charge is 2.24. The fourth-order valence-electron chi connectivity index (χ4n) is 2.86. The van der Waals surface area contributed by atoms with Gasteiger partial charge in [-0.3, -0.25) is 9.59 Å². The average molecular weight is 414 g/mol. The predicted octanol–water partition coefficient (Wildman–Crippen LogP) is 3.89. The van der Waals surface area contributed by atoms with E-state index in [2.05, 4.69) is 5.32 Å². The van der Waals surface area contributed by atoms with Crippen molar-refractivity contribution in [2.75, 3.05) is 18.6 Å². The first-order chi connectivity index (χ1) is 13.8. The summed E-state index contributed by atoms with van der Waals surface area (Å²) < 4.78 is 5.26. The molecule has 0 aliphatic heterocycles. The van der Waals surface area contributed by atoms with E-state index in [9.17, 15) is 14.4 Å². The van der Waals surface area contributed by atoms with Gasteiger partial charge in [-0.1, -0.05) is 35.4 Å². The molecule has 0 spiro atoms. The summed E-state index contributed by atoms with van der Waals surface area (Å²) in [6.45, 7) is 5.30. The van der Waals surface area contributed by atoms with E-state index in [-0.39, 0.29) is 18.3 Å². The first-order valence-electron chi connectivity index (χ1n) is 9.45. The van der Waals surface area contributed by atoms with Gasteiger partial charge in [-0.15, -0.1) is 0 Å². The maximum Gasteiger partial charge on any atom is 0.329 e. The number of carbonyl (C=O) groups is 3. The van der Waals surface area contributed by atoms with Gasteiger partial charge in [-0.25, -0.2) is 4.79 Å². The summed E-state index contributed by atoms with van der Waals surface area (Å²) in [6, 6.07) is 11.9. The molecular weight excluding hydrogens is 386 g/mol. The van der Waals surface area contributed by atoms with Crippen LogP contribution in [0.2, 0.25) is 0 Å². The Hall–Kier alpha value is -2.60. The number of benzene rings is 2. The highest BCUT2D eigenvalue weighted by molar-refractivity contribution is 7.98. The lowest BCUT2D eigenvalue weighted by atomic mass is 10.0. The van der Waals surface area contributed by atoms with Gasteiger partial charge < -0.3 is 10.1 Å². The van der Waals surface area contributed by atoms with Crippen LogP contribution in [0.4, 0.5) is 0 Å². The molecule has 0 saturated carbocycles. The molecule has 1 atom stereocenters. The van der Waals surface area contributed by atoms with E-state index in [0.717, 1.165) is 16.7 Å². The van der Waals surface area contributed by atoms with Crippen molar-refractivity contribution in [1.29, 1.82) is 0 Å². The molecule has 0 fully saturated rings. The molecule has 0 aromatic heterocycles. The van der Waals surface area contributed by atoms with Crippen LogP contribution < -0.4 is 5.32 Å². The van der Waals surface area contributed by atoms with Gasteiger partial charge in [0.2, 0.25) is 5.78 Å². The smallest absolute Gasteiger partial charge is 0.329 e. The van der Waals surface area contributed by atoms with Gasteiger partial charge in [0.25, 0.3) is 5.91 Å². The standard InChI is InChI=1S/C23H27NO4S/c1-15-6-5-7-18(12-15)22(26)24-20(10-11-29-4)23(27)28-14-21(25)19-13-16(2)8-9-17(19)3/h5-9,12-13,20H,10-11,14H2,1-4H3,(H,24,26)/t20-/m1/s1. The molecule has 154 valence electrons. The summed E-state index contributed by atoms with van der Waals surface area (Å²) >= 11 is 1.57. The molecule has 2 aromatic rings. The van der Waals surface area contributed by atoms with Crippen LogP contribution in [-0.2, 0) is 9.53 Å². The van der Waals surface area contributed by atoms with Gasteiger partial charge in [-0.05, 0) is 63.0 Å². The number of nitrogens with one attached hydrogen (secondary N) is 1. The molecule has 0 radical (unpaired) electrons. The lowest BCUT2D eigenvalue weighted by molar-refractivity contribution is -0.144. The van der Waals surface area contributed by atoms with Crippen LogP contribution >= 0.6 is 11.8 Å². The summed E-state index contributed by atoms with van der Waals surface area (Å²) in [4.78, 5) is 37.6. The van der Waals surface area contributed by atoms with Crippen LogP contribution in [0.1, 0.15) is 43.8 Å². The maximum atomic E-state index is 12.6. The molecule has 2 aromatic carbocycles.